The second-order valence-electron chi connectivity index (χ2n) is 6.43. The SMILES string of the molecule is O=C(O)c1cc2c(CCc3ccccc3)c(-c3ccccc3)oc2cc1O. The highest BCUT2D eigenvalue weighted by molar-refractivity contribution is 5.98. The smallest absolute Gasteiger partial charge is 0.339 e. The van der Waals surface area contributed by atoms with Crippen LogP contribution >= 0.6 is 0 Å². The van der Waals surface area contributed by atoms with Gasteiger partial charge in [0.05, 0.1) is 0 Å². The summed E-state index contributed by atoms with van der Waals surface area (Å²) in [5.74, 6) is -0.743. The Morgan fingerprint density at radius 2 is 1.56 bits per heavy atom. The first-order chi connectivity index (χ1) is 13.1. The molecule has 0 unspecified atom stereocenters. The average molecular weight is 358 g/mol. The van der Waals surface area contributed by atoms with Crippen LogP contribution in [0.1, 0.15) is 21.5 Å². The number of carboxylic acids is 1. The van der Waals surface area contributed by atoms with Crippen molar-refractivity contribution in [1.29, 1.82) is 0 Å². The highest BCUT2D eigenvalue weighted by Crippen LogP contribution is 2.37. The van der Waals surface area contributed by atoms with Crippen molar-refractivity contribution in [2.75, 3.05) is 0 Å². The highest BCUT2D eigenvalue weighted by Gasteiger charge is 2.20. The molecule has 1 heterocycles. The molecule has 0 aliphatic rings. The molecule has 4 heteroatoms. The predicted octanol–water partition coefficient (Wildman–Crippen LogP) is 5.29. The van der Waals surface area contributed by atoms with Crippen LogP contribution in [0.4, 0.5) is 0 Å². The normalized spacial score (nSPS) is 11.0. The molecule has 0 fully saturated rings. The summed E-state index contributed by atoms with van der Waals surface area (Å²) in [6.45, 7) is 0. The lowest BCUT2D eigenvalue weighted by Crippen LogP contribution is -1.97. The maximum absolute atomic E-state index is 11.4. The van der Waals surface area contributed by atoms with E-state index in [4.69, 9.17) is 4.42 Å². The number of carbonyl (C=O) groups is 1. The van der Waals surface area contributed by atoms with Gasteiger partial charge in [-0.2, -0.15) is 0 Å². The van der Waals surface area contributed by atoms with Gasteiger partial charge in [0.15, 0.2) is 0 Å². The van der Waals surface area contributed by atoms with E-state index in [-0.39, 0.29) is 11.3 Å². The van der Waals surface area contributed by atoms with Crippen molar-refractivity contribution >= 4 is 16.9 Å². The van der Waals surface area contributed by atoms with Gasteiger partial charge in [-0.1, -0.05) is 60.7 Å². The predicted molar refractivity (Wildman–Crippen MR) is 104 cm³/mol. The van der Waals surface area contributed by atoms with Gasteiger partial charge < -0.3 is 14.6 Å². The van der Waals surface area contributed by atoms with Crippen molar-refractivity contribution in [2.24, 2.45) is 0 Å². The number of fused-ring (bicyclic) bond motifs is 1. The van der Waals surface area contributed by atoms with Crippen LogP contribution < -0.4 is 0 Å². The Bertz CT molecular complexity index is 1100. The van der Waals surface area contributed by atoms with Gasteiger partial charge in [0, 0.05) is 22.6 Å². The van der Waals surface area contributed by atoms with Gasteiger partial charge in [-0.25, -0.2) is 4.79 Å². The van der Waals surface area contributed by atoms with Crippen LogP contribution in [0, 0.1) is 0 Å². The van der Waals surface area contributed by atoms with Crippen molar-refractivity contribution < 1.29 is 19.4 Å². The third-order valence-electron chi connectivity index (χ3n) is 4.68. The van der Waals surface area contributed by atoms with Gasteiger partial charge in [-0.3, -0.25) is 0 Å². The number of carboxylic acid groups (broad SMARTS) is 1. The molecule has 0 aliphatic carbocycles. The van der Waals surface area contributed by atoms with Gasteiger partial charge >= 0.3 is 5.97 Å². The van der Waals surface area contributed by atoms with Crippen molar-refractivity contribution in [3.05, 3.63) is 89.5 Å². The molecule has 0 radical (unpaired) electrons. The minimum Gasteiger partial charge on any atom is -0.507 e. The number of furan rings is 1. The second-order valence-corrected chi connectivity index (χ2v) is 6.43. The molecule has 0 atom stereocenters. The van der Waals surface area contributed by atoms with Crippen molar-refractivity contribution in [3.8, 4) is 17.1 Å². The molecule has 0 amide bonds. The lowest BCUT2D eigenvalue weighted by atomic mass is 9.98. The fraction of sp³-hybridized carbons (Fsp3) is 0.0870. The molecular formula is C23H18O4. The summed E-state index contributed by atoms with van der Waals surface area (Å²) in [6.07, 6.45) is 1.50. The summed E-state index contributed by atoms with van der Waals surface area (Å²) in [4.78, 5) is 11.4. The number of aromatic carboxylic acids is 1. The highest BCUT2D eigenvalue weighted by atomic mass is 16.4. The maximum Gasteiger partial charge on any atom is 0.339 e. The zero-order valence-corrected chi connectivity index (χ0v) is 14.6. The summed E-state index contributed by atoms with van der Waals surface area (Å²) in [5, 5.41) is 20.1. The average Bonchev–Trinajstić information content (AvgIpc) is 3.04. The number of aryl methyl sites for hydroxylation is 2. The third kappa shape index (κ3) is 3.29. The molecule has 0 saturated carbocycles. The minimum atomic E-state index is -1.16. The second kappa shape index (κ2) is 7.00. The van der Waals surface area contributed by atoms with Crippen LogP contribution in [0.2, 0.25) is 0 Å². The van der Waals surface area contributed by atoms with E-state index < -0.39 is 5.97 Å². The molecule has 134 valence electrons. The first-order valence-corrected chi connectivity index (χ1v) is 8.74. The molecule has 4 nitrogen and oxygen atoms in total. The van der Waals surface area contributed by atoms with Gasteiger partial charge in [-0.15, -0.1) is 0 Å². The van der Waals surface area contributed by atoms with Crippen molar-refractivity contribution in [1.82, 2.24) is 0 Å². The number of benzene rings is 3. The maximum atomic E-state index is 11.4. The molecule has 4 aromatic rings. The Hall–Kier alpha value is -3.53. The summed E-state index contributed by atoms with van der Waals surface area (Å²) < 4.78 is 6.04. The number of phenols is 1. The molecule has 0 saturated heterocycles. The lowest BCUT2D eigenvalue weighted by molar-refractivity contribution is 0.0694. The summed E-state index contributed by atoms with van der Waals surface area (Å²) in [5.41, 5.74) is 3.43. The Morgan fingerprint density at radius 1 is 0.889 bits per heavy atom. The van der Waals surface area contributed by atoms with E-state index in [0.29, 0.717) is 17.8 Å². The summed E-state index contributed by atoms with van der Waals surface area (Å²) in [6, 6.07) is 22.7. The zero-order valence-electron chi connectivity index (χ0n) is 14.6. The lowest BCUT2D eigenvalue weighted by Gasteiger charge is -2.05. The van der Waals surface area contributed by atoms with E-state index in [9.17, 15) is 15.0 Å². The number of rotatable bonds is 5. The zero-order chi connectivity index (χ0) is 18.8. The standard InChI is InChI=1S/C23H18O4/c24-20-14-21-18(13-19(20)23(25)26)17(12-11-15-7-3-1-4-8-15)22(27-21)16-9-5-2-6-10-16/h1-10,13-14,24H,11-12H2,(H,25,26). The Morgan fingerprint density at radius 3 is 2.22 bits per heavy atom. The molecule has 27 heavy (non-hydrogen) atoms. The van der Waals surface area contributed by atoms with Gasteiger partial charge in [0.2, 0.25) is 0 Å². The largest absolute Gasteiger partial charge is 0.507 e. The Labute approximate surface area is 156 Å². The summed E-state index contributed by atoms with van der Waals surface area (Å²) >= 11 is 0. The fourth-order valence-electron chi connectivity index (χ4n) is 3.34. The quantitative estimate of drug-likeness (QED) is 0.508. The van der Waals surface area contributed by atoms with E-state index in [1.807, 2.05) is 48.5 Å². The van der Waals surface area contributed by atoms with E-state index in [2.05, 4.69) is 12.1 Å². The number of hydrogen-bond donors (Lipinski definition) is 2. The topological polar surface area (TPSA) is 70.7 Å². The Balaban J connectivity index is 1.86. The minimum absolute atomic E-state index is 0.121. The van der Waals surface area contributed by atoms with E-state index in [1.165, 1.54) is 17.7 Å². The van der Waals surface area contributed by atoms with Gasteiger partial charge in [0.1, 0.15) is 22.7 Å². The van der Waals surface area contributed by atoms with Crippen LogP contribution in [0.15, 0.2) is 77.2 Å². The van der Waals surface area contributed by atoms with Crippen LogP contribution in [0.25, 0.3) is 22.3 Å². The molecular weight excluding hydrogens is 340 g/mol. The number of hydrogen-bond acceptors (Lipinski definition) is 3. The van der Waals surface area contributed by atoms with Crippen LogP contribution in [0.3, 0.4) is 0 Å². The van der Waals surface area contributed by atoms with Crippen LogP contribution in [-0.2, 0) is 12.8 Å². The Kier molecular flexibility index (Phi) is 4.38. The van der Waals surface area contributed by atoms with Crippen LogP contribution in [-0.4, -0.2) is 16.2 Å². The van der Waals surface area contributed by atoms with E-state index in [1.54, 1.807) is 0 Å². The van der Waals surface area contributed by atoms with Gasteiger partial charge in [-0.05, 0) is 24.5 Å². The molecule has 3 aromatic carbocycles. The van der Waals surface area contributed by atoms with E-state index in [0.717, 1.165) is 22.9 Å². The molecule has 2 N–H and O–H groups in total. The van der Waals surface area contributed by atoms with E-state index >= 15 is 0 Å². The van der Waals surface area contributed by atoms with Crippen molar-refractivity contribution in [3.63, 3.8) is 0 Å². The first kappa shape index (κ1) is 16.9. The molecule has 0 spiro atoms. The molecule has 0 bridgehead atoms. The number of aromatic hydroxyl groups is 1. The monoisotopic (exact) mass is 358 g/mol. The molecule has 0 aliphatic heterocycles. The third-order valence-corrected chi connectivity index (χ3v) is 4.68. The molecule has 1 aromatic heterocycles. The first-order valence-electron chi connectivity index (χ1n) is 8.74. The molecule has 4 rings (SSSR count). The van der Waals surface area contributed by atoms with Gasteiger partial charge in [0.25, 0.3) is 0 Å². The van der Waals surface area contributed by atoms with Crippen LogP contribution in [0.5, 0.6) is 5.75 Å². The van der Waals surface area contributed by atoms with Crippen molar-refractivity contribution in [2.45, 2.75) is 12.8 Å². The summed E-state index contributed by atoms with van der Waals surface area (Å²) in [7, 11) is 0. The fourth-order valence-corrected chi connectivity index (χ4v) is 3.34.